The molecule has 0 spiro atoms. The Balaban J connectivity index is 4.16. The summed E-state index contributed by atoms with van der Waals surface area (Å²) in [7, 11) is 0. The van der Waals surface area contributed by atoms with Crippen LogP contribution in [0.2, 0.25) is 0 Å². The SMILES string of the molecule is CCC(=C(C)[O])C(C)C. The van der Waals surface area contributed by atoms with Gasteiger partial charge in [0, 0.05) is 0 Å². The van der Waals surface area contributed by atoms with Gasteiger partial charge >= 0.3 is 0 Å². The molecular weight excluding hydrogens is 112 g/mol. The first-order chi connectivity index (χ1) is 4.09. The maximum Gasteiger partial charge on any atom is 0.152 e. The van der Waals surface area contributed by atoms with Gasteiger partial charge in [-0.1, -0.05) is 20.8 Å². The third kappa shape index (κ3) is 2.54. The number of rotatable bonds is 2. The number of hydrogen-bond donors (Lipinski definition) is 0. The summed E-state index contributed by atoms with van der Waals surface area (Å²) in [5.74, 6) is 0.667. The predicted molar refractivity (Wildman–Crippen MR) is 38.5 cm³/mol. The van der Waals surface area contributed by atoms with Crippen molar-refractivity contribution in [2.75, 3.05) is 0 Å². The second-order valence-electron chi connectivity index (χ2n) is 2.59. The third-order valence-electron chi connectivity index (χ3n) is 1.53. The Morgan fingerprint density at radius 3 is 1.89 bits per heavy atom. The zero-order chi connectivity index (χ0) is 7.44. The molecule has 0 unspecified atom stereocenters. The molecule has 0 heterocycles. The fraction of sp³-hybridized carbons (Fsp3) is 0.750. The van der Waals surface area contributed by atoms with E-state index in [9.17, 15) is 5.11 Å². The van der Waals surface area contributed by atoms with E-state index in [1.807, 2.05) is 6.92 Å². The van der Waals surface area contributed by atoms with Crippen LogP contribution in [0, 0.1) is 5.92 Å². The highest BCUT2D eigenvalue weighted by molar-refractivity contribution is 5.06. The Morgan fingerprint density at radius 2 is 1.89 bits per heavy atom. The van der Waals surface area contributed by atoms with Crippen LogP contribution < -0.4 is 0 Å². The van der Waals surface area contributed by atoms with E-state index in [1.54, 1.807) is 6.92 Å². The van der Waals surface area contributed by atoms with Crippen LogP contribution in [0.4, 0.5) is 0 Å². The topological polar surface area (TPSA) is 19.9 Å². The van der Waals surface area contributed by atoms with Gasteiger partial charge in [0.1, 0.15) is 0 Å². The van der Waals surface area contributed by atoms with Crippen LogP contribution in [0.25, 0.3) is 0 Å². The lowest BCUT2D eigenvalue weighted by atomic mass is 10.00. The Hall–Kier alpha value is -0.460. The maximum absolute atomic E-state index is 10.8. The van der Waals surface area contributed by atoms with Crippen molar-refractivity contribution in [2.24, 2.45) is 5.92 Å². The molecule has 0 aromatic carbocycles. The average Bonchev–Trinajstić information content (AvgIpc) is 1.64. The summed E-state index contributed by atoms with van der Waals surface area (Å²) in [4.78, 5) is 0. The van der Waals surface area contributed by atoms with Crippen molar-refractivity contribution >= 4 is 0 Å². The predicted octanol–water partition coefficient (Wildman–Crippen LogP) is 2.76. The minimum Gasteiger partial charge on any atom is -0.295 e. The van der Waals surface area contributed by atoms with E-state index in [1.165, 1.54) is 0 Å². The molecule has 0 saturated heterocycles. The van der Waals surface area contributed by atoms with Crippen molar-refractivity contribution in [1.82, 2.24) is 0 Å². The van der Waals surface area contributed by atoms with Crippen LogP contribution in [0.1, 0.15) is 34.1 Å². The molecule has 0 atom stereocenters. The molecule has 9 heavy (non-hydrogen) atoms. The second kappa shape index (κ2) is 3.54. The van der Waals surface area contributed by atoms with Crippen LogP contribution in [0.3, 0.4) is 0 Å². The summed E-state index contributed by atoms with van der Waals surface area (Å²) in [6, 6.07) is 0. The molecule has 0 bridgehead atoms. The average molecular weight is 127 g/mol. The highest BCUT2D eigenvalue weighted by atomic mass is 16.3. The zero-order valence-electron chi connectivity index (χ0n) is 6.69. The summed E-state index contributed by atoms with van der Waals surface area (Å²) in [6.07, 6.45) is 0.896. The van der Waals surface area contributed by atoms with Crippen molar-refractivity contribution in [2.45, 2.75) is 34.1 Å². The molecule has 0 aromatic heterocycles. The van der Waals surface area contributed by atoms with E-state index in [-0.39, 0.29) is 5.76 Å². The molecule has 53 valence electrons. The number of hydrogen-bond acceptors (Lipinski definition) is 0. The first-order valence-electron chi connectivity index (χ1n) is 3.46. The lowest BCUT2D eigenvalue weighted by Crippen LogP contribution is -1.94. The second-order valence-corrected chi connectivity index (χ2v) is 2.59. The van der Waals surface area contributed by atoms with Crippen molar-refractivity contribution < 1.29 is 5.11 Å². The normalized spacial score (nSPS) is 13.9. The van der Waals surface area contributed by atoms with Gasteiger partial charge in [-0.25, -0.2) is 0 Å². The van der Waals surface area contributed by atoms with Gasteiger partial charge in [-0.3, -0.25) is 5.11 Å². The standard InChI is InChI=1S/C8H15O/c1-5-8(6(2)3)7(4)9/h6H,5H2,1-4H3. The quantitative estimate of drug-likeness (QED) is 0.508. The Bertz CT molecular complexity index is 108. The van der Waals surface area contributed by atoms with E-state index >= 15 is 0 Å². The van der Waals surface area contributed by atoms with Crippen molar-refractivity contribution in [3.05, 3.63) is 11.3 Å². The molecule has 1 heteroatoms. The largest absolute Gasteiger partial charge is 0.295 e. The molecule has 0 amide bonds. The lowest BCUT2D eigenvalue weighted by Gasteiger charge is -2.06. The molecule has 0 rings (SSSR count). The minimum absolute atomic E-state index is 0.243. The Morgan fingerprint density at radius 1 is 1.44 bits per heavy atom. The lowest BCUT2D eigenvalue weighted by molar-refractivity contribution is 0.288. The summed E-state index contributed by atoms with van der Waals surface area (Å²) in [6.45, 7) is 7.77. The van der Waals surface area contributed by atoms with Crippen LogP contribution in [-0.4, -0.2) is 0 Å². The maximum atomic E-state index is 10.8. The van der Waals surface area contributed by atoms with Crippen LogP contribution in [0.15, 0.2) is 11.3 Å². The van der Waals surface area contributed by atoms with E-state index < -0.39 is 0 Å². The van der Waals surface area contributed by atoms with Gasteiger partial charge in [0.05, 0.1) is 0 Å². The van der Waals surface area contributed by atoms with Gasteiger partial charge in [0.2, 0.25) is 0 Å². The van der Waals surface area contributed by atoms with Crippen molar-refractivity contribution in [1.29, 1.82) is 0 Å². The van der Waals surface area contributed by atoms with E-state index in [2.05, 4.69) is 13.8 Å². The monoisotopic (exact) mass is 127 g/mol. The summed E-state index contributed by atoms with van der Waals surface area (Å²) in [5, 5.41) is 10.8. The van der Waals surface area contributed by atoms with Crippen LogP contribution >= 0.6 is 0 Å². The highest BCUT2D eigenvalue weighted by Crippen LogP contribution is 2.16. The fourth-order valence-corrected chi connectivity index (χ4v) is 1.06. The first kappa shape index (κ1) is 8.54. The van der Waals surface area contributed by atoms with E-state index in [0.717, 1.165) is 12.0 Å². The van der Waals surface area contributed by atoms with Gasteiger partial charge in [-0.2, -0.15) is 0 Å². The van der Waals surface area contributed by atoms with E-state index in [4.69, 9.17) is 0 Å². The van der Waals surface area contributed by atoms with Crippen molar-refractivity contribution in [3.63, 3.8) is 0 Å². The highest BCUT2D eigenvalue weighted by Gasteiger charge is 2.04. The fourth-order valence-electron chi connectivity index (χ4n) is 1.06. The summed E-state index contributed by atoms with van der Waals surface area (Å²) >= 11 is 0. The van der Waals surface area contributed by atoms with Gasteiger partial charge in [-0.15, -0.1) is 0 Å². The Kier molecular flexibility index (Phi) is 3.36. The molecule has 0 fully saturated rings. The number of allylic oxidation sites excluding steroid dienone is 2. The van der Waals surface area contributed by atoms with Crippen LogP contribution in [0.5, 0.6) is 0 Å². The molecule has 1 nitrogen and oxygen atoms in total. The molecule has 0 aliphatic carbocycles. The molecule has 0 aliphatic heterocycles. The van der Waals surface area contributed by atoms with Crippen LogP contribution in [-0.2, 0) is 5.11 Å². The Labute approximate surface area is 57.4 Å². The zero-order valence-corrected chi connectivity index (χ0v) is 6.69. The molecule has 0 aliphatic rings. The van der Waals surface area contributed by atoms with Crippen molar-refractivity contribution in [3.8, 4) is 0 Å². The third-order valence-corrected chi connectivity index (χ3v) is 1.53. The van der Waals surface area contributed by atoms with E-state index in [0.29, 0.717) is 5.92 Å². The molecular formula is C8H15O. The summed E-state index contributed by atoms with van der Waals surface area (Å²) in [5.41, 5.74) is 1.05. The molecule has 0 aromatic rings. The molecule has 1 radical (unpaired) electrons. The minimum atomic E-state index is 0.243. The molecule has 0 N–H and O–H groups in total. The summed E-state index contributed by atoms with van der Waals surface area (Å²) < 4.78 is 0. The van der Waals surface area contributed by atoms with Gasteiger partial charge in [-0.05, 0) is 24.8 Å². The van der Waals surface area contributed by atoms with Gasteiger partial charge in [0.25, 0.3) is 0 Å². The smallest absolute Gasteiger partial charge is 0.152 e. The molecule has 0 saturated carbocycles. The first-order valence-corrected chi connectivity index (χ1v) is 3.46. The van der Waals surface area contributed by atoms with Gasteiger partial charge in [0.15, 0.2) is 5.76 Å². The van der Waals surface area contributed by atoms with Gasteiger partial charge < -0.3 is 0 Å².